The van der Waals surface area contributed by atoms with E-state index < -0.39 is 33.4 Å². The van der Waals surface area contributed by atoms with Gasteiger partial charge in [0.2, 0.25) is 0 Å². The Kier molecular flexibility index (Phi) is 4.64. The molecule has 1 saturated heterocycles. The molecule has 7 heteroatoms. The van der Waals surface area contributed by atoms with E-state index >= 15 is 0 Å². The van der Waals surface area contributed by atoms with Crippen molar-refractivity contribution in [3.63, 3.8) is 0 Å². The van der Waals surface area contributed by atoms with E-state index in [-0.39, 0.29) is 13.0 Å². The molecule has 134 valence electrons. The minimum absolute atomic E-state index is 0.178. The van der Waals surface area contributed by atoms with Crippen molar-refractivity contribution in [3.05, 3.63) is 71.8 Å². The van der Waals surface area contributed by atoms with Crippen LogP contribution in [0.3, 0.4) is 0 Å². The van der Waals surface area contributed by atoms with Gasteiger partial charge in [-0.2, -0.15) is 21.6 Å². The van der Waals surface area contributed by atoms with Gasteiger partial charge in [-0.05, 0) is 17.5 Å². The molecule has 2 aromatic carbocycles. The van der Waals surface area contributed by atoms with Gasteiger partial charge in [0.1, 0.15) is 0 Å². The maximum atomic E-state index is 12.9. The molecular formula is C18H17F3O3S. The Bertz CT molecular complexity index is 778. The predicted molar refractivity (Wildman–Crippen MR) is 87.6 cm³/mol. The van der Waals surface area contributed by atoms with Gasteiger partial charge in [0, 0.05) is 5.41 Å². The van der Waals surface area contributed by atoms with Crippen LogP contribution in [0.2, 0.25) is 0 Å². The van der Waals surface area contributed by atoms with Crippen LogP contribution in [-0.2, 0) is 19.7 Å². The van der Waals surface area contributed by atoms with E-state index in [2.05, 4.69) is 0 Å². The SMILES string of the molecule is O=S1(=O)OCC(c2ccccc2)(c2ccccc2)C[C@@H]1CC(F)(F)F. The molecule has 0 aromatic heterocycles. The quantitative estimate of drug-likeness (QED) is 0.766. The summed E-state index contributed by atoms with van der Waals surface area (Å²) in [5.74, 6) is 0. The maximum Gasteiger partial charge on any atom is 0.390 e. The number of benzene rings is 2. The summed E-state index contributed by atoms with van der Waals surface area (Å²) in [5, 5.41) is -1.64. The van der Waals surface area contributed by atoms with Crippen molar-refractivity contribution in [2.45, 2.75) is 29.7 Å². The summed E-state index contributed by atoms with van der Waals surface area (Å²) in [6.07, 6.45) is -6.18. The molecule has 1 heterocycles. The zero-order chi connectivity index (χ0) is 18.1. The first-order chi connectivity index (χ1) is 11.7. The predicted octanol–water partition coefficient (Wildman–Crippen LogP) is 4.04. The molecule has 1 atom stereocenters. The van der Waals surface area contributed by atoms with Gasteiger partial charge >= 0.3 is 6.18 Å². The summed E-state index contributed by atoms with van der Waals surface area (Å²) in [6.45, 7) is -0.211. The monoisotopic (exact) mass is 370 g/mol. The summed E-state index contributed by atoms with van der Waals surface area (Å²) in [7, 11) is -4.26. The van der Waals surface area contributed by atoms with E-state index in [1.54, 1.807) is 60.7 Å². The van der Waals surface area contributed by atoms with Gasteiger partial charge in [-0.1, -0.05) is 60.7 Å². The van der Waals surface area contributed by atoms with E-state index in [1.165, 1.54) is 0 Å². The van der Waals surface area contributed by atoms with E-state index in [0.717, 1.165) is 11.1 Å². The van der Waals surface area contributed by atoms with Gasteiger partial charge in [0.05, 0.1) is 18.3 Å². The van der Waals surface area contributed by atoms with Crippen molar-refractivity contribution in [2.75, 3.05) is 6.61 Å². The minimum atomic E-state index is -4.59. The molecule has 0 saturated carbocycles. The molecule has 3 rings (SSSR count). The van der Waals surface area contributed by atoms with Crippen LogP contribution in [0.25, 0.3) is 0 Å². The second-order valence-electron chi connectivity index (χ2n) is 6.21. The number of hydrogen-bond acceptors (Lipinski definition) is 3. The topological polar surface area (TPSA) is 43.4 Å². The molecule has 0 amide bonds. The summed E-state index contributed by atoms with van der Waals surface area (Å²) >= 11 is 0. The summed E-state index contributed by atoms with van der Waals surface area (Å²) in [4.78, 5) is 0. The lowest BCUT2D eigenvalue weighted by atomic mass is 9.71. The van der Waals surface area contributed by atoms with Crippen molar-refractivity contribution in [1.82, 2.24) is 0 Å². The molecule has 0 bridgehead atoms. The summed E-state index contributed by atoms with van der Waals surface area (Å²) in [5.41, 5.74) is 0.538. The smallest absolute Gasteiger partial charge is 0.269 e. The molecule has 0 spiro atoms. The van der Waals surface area contributed by atoms with Crippen LogP contribution in [0.4, 0.5) is 13.2 Å². The van der Waals surface area contributed by atoms with Gasteiger partial charge in [-0.3, -0.25) is 4.18 Å². The van der Waals surface area contributed by atoms with Crippen LogP contribution in [0.1, 0.15) is 24.0 Å². The summed E-state index contributed by atoms with van der Waals surface area (Å²) in [6, 6.07) is 17.9. The van der Waals surface area contributed by atoms with Crippen LogP contribution < -0.4 is 0 Å². The third-order valence-electron chi connectivity index (χ3n) is 4.57. The summed E-state index contributed by atoms with van der Waals surface area (Å²) < 4.78 is 68.0. The molecular weight excluding hydrogens is 353 g/mol. The van der Waals surface area contributed by atoms with Crippen molar-refractivity contribution in [1.29, 1.82) is 0 Å². The maximum absolute atomic E-state index is 12.9. The molecule has 0 unspecified atom stereocenters. The highest BCUT2D eigenvalue weighted by atomic mass is 32.2. The normalized spacial score (nSPS) is 22.4. The van der Waals surface area contributed by atoms with Crippen molar-refractivity contribution in [3.8, 4) is 0 Å². The van der Waals surface area contributed by atoms with Crippen LogP contribution in [-0.4, -0.2) is 26.5 Å². The number of hydrogen-bond donors (Lipinski definition) is 0. The van der Waals surface area contributed by atoms with Gasteiger partial charge in [0.25, 0.3) is 10.1 Å². The molecule has 1 aliphatic heterocycles. The fourth-order valence-corrected chi connectivity index (χ4v) is 4.78. The average Bonchev–Trinajstić information content (AvgIpc) is 2.57. The molecule has 3 nitrogen and oxygen atoms in total. The fourth-order valence-electron chi connectivity index (χ4n) is 3.34. The Morgan fingerprint density at radius 3 is 1.88 bits per heavy atom. The average molecular weight is 370 g/mol. The Morgan fingerprint density at radius 1 is 0.960 bits per heavy atom. The highest BCUT2D eigenvalue weighted by Crippen LogP contribution is 2.44. The second-order valence-corrected chi connectivity index (χ2v) is 8.10. The zero-order valence-corrected chi connectivity index (χ0v) is 14.1. The standard InChI is InChI=1S/C18H17F3O3S/c19-18(20,21)12-16-11-17(13-24-25(16,22)23,14-7-3-1-4-8-14)15-9-5-2-6-10-15/h1-10,16H,11-13H2/t16-/m1/s1. The Morgan fingerprint density at radius 2 is 1.44 bits per heavy atom. The van der Waals surface area contributed by atoms with Gasteiger partial charge in [0.15, 0.2) is 0 Å². The van der Waals surface area contributed by atoms with Crippen molar-refractivity contribution in [2.24, 2.45) is 0 Å². The molecule has 0 N–H and O–H groups in total. The Labute approximate surface area is 144 Å². The first-order valence-electron chi connectivity index (χ1n) is 7.79. The second kappa shape index (κ2) is 6.46. The van der Waals surface area contributed by atoms with Gasteiger partial charge < -0.3 is 0 Å². The number of halogens is 3. The van der Waals surface area contributed by atoms with E-state index in [0.29, 0.717) is 0 Å². The molecule has 2 aromatic rings. The van der Waals surface area contributed by atoms with Gasteiger partial charge in [-0.15, -0.1) is 0 Å². The lowest BCUT2D eigenvalue weighted by Gasteiger charge is -2.41. The molecule has 1 aliphatic rings. The molecule has 1 fully saturated rings. The minimum Gasteiger partial charge on any atom is -0.269 e. The highest BCUT2D eigenvalue weighted by Gasteiger charge is 2.50. The van der Waals surface area contributed by atoms with Crippen molar-refractivity contribution < 1.29 is 25.8 Å². The lowest BCUT2D eigenvalue weighted by molar-refractivity contribution is -0.136. The Hall–Kier alpha value is -1.86. The van der Waals surface area contributed by atoms with Gasteiger partial charge in [-0.25, -0.2) is 0 Å². The fraction of sp³-hybridized carbons (Fsp3) is 0.333. The van der Waals surface area contributed by atoms with Crippen LogP contribution in [0.15, 0.2) is 60.7 Å². The number of alkyl halides is 3. The first-order valence-corrected chi connectivity index (χ1v) is 9.26. The largest absolute Gasteiger partial charge is 0.390 e. The van der Waals surface area contributed by atoms with Crippen molar-refractivity contribution >= 4 is 10.1 Å². The third kappa shape index (κ3) is 3.72. The van der Waals surface area contributed by atoms with E-state index in [1.807, 2.05) is 0 Å². The number of rotatable bonds is 3. The first kappa shape index (κ1) is 17.9. The third-order valence-corrected chi connectivity index (χ3v) is 6.16. The van der Waals surface area contributed by atoms with E-state index in [4.69, 9.17) is 4.18 Å². The molecule has 25 heavy (non-hydrogen) atoms. The van der Waals surface area contributed by atoms with Crippen LogP contribution in [0.5, 0.6) is 0 Å². The van der Waals surface area contributed by atoms with Crippen LogP contribution in [0, 0.1) is 0 Å². The lowest BCUT2D eigenvalue weighted by Crippen LogP contribution is -2.47. The van der Waals surface area contributed by atoms with Crippen LogP contribution >= 0.6 is 0 Å². The molecule has 0 radical (unpaired) electrons. The zero-order valence-electron chi connectivity index (χ0n) is 13.2. The highest BCUT2D eigenvalue weighted by molar-refractivity contribution is 7.87. The molecule has 0 aliphatic carbocycles. The Balaban J connectivity index is 2.10. The van der Waals surface area contributed by atoms with E-state index in [9.17, 15) is 21.6 Å².